The van der Waals surface area contributed by atoms with Gasteiger partial charge < -0.3 is 10.1 Å². The monoisotopic (exact) mass is 382 g/mol. The summed E-state index contributed by atoms with van der Waals surface area (Å²) in [5.74, 6) is -0.645. The van der Waals surface area contributed by atoms with E-state index in [1.165, 1.54) is 48.6 Å². The first-order valence-electron chi connectivity index (χ1n) is 7.87. The summed E-state index contributed by atoms with van der Waals surface area (Å²) in [5, 5.41) is 15.5. The lowest BCUT2D eigenvalue weighted by Gasteiger charge is -2.08. The fraction of sp³-hybridized carbons (Fsp3) is 0.0526. The Bertz CT molecular complexity index is 997. The Labute approximate surface area is 158 Å². The van der Waals surface area contributed by atoms with Gasteiger partial charge in [0.15, 0.2) is 0 Å². The summed E-state index contributed by atoms with van der Waals surface area (Å²) in [6.45, 7) is 1.50. The topological polar surface area (TPSA) is 98.5 Å². The zero-order chi connectivity index (χ0) is 19.4. The highest BCUT2D eigenvalue weighted by atomic mass is 32.1. The number of thiophene rings is 1. The average Bonchev–Trinajstić information content (AvgIpc) is 3.18. The number of rotatable bonds is 5. The Morgan fingerprint density at radius 3 is 2.44 bits per heavy atom. The van der Waals surface area contributed by atoms with Crippen LogP contribution < -0.4 is 10.1 Å². The lowest BCUT2D eigenvalue weighted by molar-refractivity contribution is -0.385. The van der Waals surface area contributed by atoms with Crippen LogP contribution in [0.25, 0.3) is 0 Å². The zero-order valence-electron chi connectivity index (χ0n) is 14.2. The molecule has 8 heteroatoms. The van der Waals surface area contributed by atoms with Crippen molar-refractivity contribution in [3.05, 3.63) is 86.1 Å². The number of hydrogen-bond donors (Lipinski definition) is 1. The molecule has 0 bridgehead atoms. The summed E-state index contributed by atoms with van der Waals surface area (Å²) in [4.78, 5) is 35.4. The number of carbonyl (C=O) groups excluding carboxylic acids is 2. The number of esters is 1. The van der Waals surface area contributed by atoms with Gasteiger partial charge in [-0.25, -0.2) is 4.79 Å². The van der Waals surface area contributed by atoms with Crippen LogP contribution in [0, 0.1) is 17.0 Å². The van der Waals surface area contributed by atoms with E-state index in [4.69, 9.17) is 4.74 Å². The Morgan fingerprint density at radius 2 is 1.81 bits per heavy atom. The molecule has 0 aliphatic rings. The van der Waals surface area contributed by atoms with Crippen molar-refractivity contribution in [2.45, 2.75) is 6.92 Å². The molecule has 0 fully saturated rings. The van der Waals surface area contributed by atoms with Crippen LogP contribution in [0.15, 0.2) is 60.0 Å². The molecule has 0 aliphatic heterocycles. The van der Waals surface area contributed by atoms with Crippen molar-refractivity contribution in [3.63, 3.8) is 0 Å². The number of nitro benzene ring substituents is 1. The first kappa shape index (κ1) is 18.3. The Kier molecular flexibility index (Phi) is 5.28. The van der Waals surface area contributed by atoms with E-state index in [1.807, 2.05) is 5.38 Å². The van der Waals surface area contributed by atoms with E-state index in [0.29, 0.717) is 10.6 Å². The molecule has 0 radical (unpaired) electrons. The second-order valence-corrected chi connectivity index (χ2v) is 6.50. The van der Waals surface area contributed by atoms with Crippen molar-refractivity contribution in [3.8, 4) is 5.75 Å². The maximum Gasteiger partial charge on any atom is 0.344 e. The third kappa shape index (κ3) is 4.18. The van der Waals surface area contributed by atoms with Crippen molar-refractivity contribution in [1.29, 1.82) is 0 Å². The molecule has 0 unspecified atom stereocenters. The fourth-order valence-corrected chi connectivity index (χ4v) is 3.03. The third-order valence-electron chi connectivity index (χ3n) is 3.79. The molecule has 1 N–H and O–H groups in total. The van der Waals surface area contributed by atoms with Crippen molar-refractivity contribution in [2.75, 3.05) is 5.32 Å². The highest BCUT2D eigenvalue weighted by Crippen LogP contribution is 2.23. The summed E-state index contributed by atoms with van der Waals surface area (Å²) in [6.07, 6.45) is 0. The van der Waals surface area contributed by atoms with E-state index in [9.17, 15) is 19.7 Å². The molecule has 0 saturated carbocycles. The SMILES string of the molecule is Cc1c(C(=O)Oc2ccc(NC(=O)c3cccs3)cc2)cccc1[N+](=O)[O-]. The summed E-state index contributed by atoms with van der Waals surface area (Å²) < 4.78 is 5.28. The smallest absolute Gasteiger partial charge is 0.344 e. The van der Waals surface area contributed by atoms with Gasteiger partial charge in [0.2, 0.25) is 0 Å². The van der Waals surface area contributed by atoms with Gasteiger partial charge in [0, 0.05) is 17.3 Å². The van der Waals surface area contributed by atoms with Crippen LogP contribution >= 0.6 is 11.3 Å². The van der Waals surface area contributed by atoms with Gasteiger partial charge in [0.1, 0.15) is 5.75 Å². The van der Waals surface area contributed by atoms with Gasteiger partial charge in [-0.1, -0.05) is 12.1 Å². The van der Waals surface area contributed by atoms with Crippen molar-refractivity contribution in [2.24, 2.45) is 0 Å². The minimum Gasteiger partial charge on any atom is -0.423 e. The van der Waals surface area contributed by atoms with Crippen LogP contribution in [0.1, 0.15) is 25.6 Å². The number of nitrogens with zero attached hydrogens (tertiary/aromatic N) is 1. The molecule has 3 aromatic rings. The summed E-state index contributed by atoms with van der Waals surface area (Å²) in [7, 11) is 0. The van der Waals surface area contributed by atoms with Gasteiger partial charge in [0.25, 0.3) is 11.6 Å². The molecule has 1 heterocycles. The number of benzene rings is 2. The van der Waals surface area contributed by atoms with E-state index in [1.54, 1.807) is 24.3 Å². The van der Waals surface area contributed by atoms with E-state index in [2.05, 4.69) is 5.32 Å². The largest absolute Gasteiger partial charge is 0.423 e. The maximum atomic E-state index is 12.3. The van der Waals surface area contributed by atoms with Gasteiger partial charge in [-0.3, -0.25) is 14.9 Å². The average molecular weight is 382 g/mol. The molecular weight excluding hydrogens is 368 g/mol. The first-order valence-corrected chi connectivity index (χ1v) is 8.75. The van der Waals surface area contributed by atoms with Gasteiger partial charge >= 0.3 is 5.97 Å². The quantitative estimate of drug-likeness (QED) is 0.304. The molecule has 27 heavy (non-hydrogen) atoms. The maximum absolute atomic E-state index is 12.3. The molecule has 0 saturated heterocycles. The molecular formula is C19H14N2O5S. The molecule has 2 aromatic carbocycles. The summed E-state index contributed by atoms with van der Waals surface area (Å²) >= 11 is 1.33. The van der Waals surface area contributed by atoms with Crippen LogP contribution in [-0.2, 0) is 0 Å². The van der Waals surface area contributed by atoms with Gasteiger partial charge in [-0.15, -0.1) is 11.3 Å². The molecule has 0 aliphatic carbocycles. The number of nitro groups is 1. The molecule has 7 nitrogen and oxygen atoms in total. The molecule has 1 amide bonds. The van der Waals surface area contributed by atoms with Crippen LogP contribution in [0.5, 0.6) is 5.75 Å². The second-order valence-electron chi connectivity index (χ2n) is 5.55. The predicted octanol–water partition coefficient (Wildman–Crippen LogP) is 4.44. The van der Waals surface area contributed by atoms with E-state index >= 15 is 0 Å². The van der Waals surface area contributed by atoms with Crippen LogP contribution in [0.4, 0.5) is 11.4 Å². The Balaban J connectivity index is 1.70. The highest BCUT2D eigenvalue weighted by molar-refractivity contribution is 7.12. The molecule has 1 aromatic heterocycles. The number of anilines is 1. The summed E-state index contributed by atoms with van der Waals surface area (Å²) in [5.41, 5.74) is 0.780. The van der Waals surface area contributed by atoms with E-state index < -0.39 is 10.9 Å². The second kappa shape index (κ2) is 7.79. The van der Waals surface area contributed by atoms with Crippen molar-refractivity contribution >= 4 is 34.6 Å². The van der Waals surface area contributed by atoms with E-state index in [0.717, 1.165) is 0 Å². The van der Waals surface area contributed by atoms with Crippen molar-refractivity contribution in [1.82, 2.24) is 0 Å². The van der Waals surface area contributed by atoms with Gasteiger partial charge in [-0.2, -0.15) is 0 Å². The lowest BCUT2D eigenvalue weighted by Crippen LogP contribution is -2.12. The third-order valence-corrected chi connectivity index (χ3v) is 4.66. The number of hydrogen-bond acceptors (Lipinski definition) is 6. The van der Waals surface area contributed by atoms with Crippen LogP contribution in [0.3, 0.4) is 0 Å². The number of nitrogens with one attached hydrogen (secondary N) is 1. The van der Waals surface area contributed by atoms with Gasteiger partial charge in [-0.05, 0) is 48.7 Å². The fourth-order valence-electron chi connectivity index (χ4n) is 2.41. The molecule has 3 rings (SSSR count). The van der Waals surface area contributed by atoms with Crippen LogP contribution in [0.2, 0.25) is 0 Å². The predicted molar refractivity (Wildman–Crippen MR) is 102 cm³/mol. The number of carbonyl (C=O) groups is 2. The van der Waals surface area contributed by atoms with E-state index in [-0.39, 0.29) is 28.5 Å². The van der Waals surface area contributed by atoms with Crippen molar-refractivity contribution < 1.29 is 19.2 Å². The molecule has 136 valence electrons. The summed E-state index contributed by atoms with van der Waals surface area (Å²) in [6, 6.07) is 14.0. The minimum absolute atomic E-state index is 0.124. The first-order chi connectivity index (χ1) is 13.0. The lowest BCUT2D eigenvalue weighted by atomic mass is 10.1. The molecule has 0 spiro atoms. The molecule has 0 atom stereocenters. The Morgan fingerprint density at radius 1 is 1.07 bits per heavy atom. The zero-order valence-corrected chi connectivity index (χ0v) is 15.0. The normalized spacial score (nSPS) is 10.3. The number of amides is 1. The highest BCUT2D eigenvalue weighted by Gasteiger charge is 2.19. The van der Waals surface area contributed by atoms with Crippen LogP contribution in [-0.4, -0.2) is 16.8 Å². The minimum atomic E-state index is -0.688. The number of ether oxygens (including phenoxy) is 1. The Hall–Kier alpha value is -3.52. The van der Waals surface area contributed by atoms with Gasteiger partial charge in [0.05, 0.1) is 15.4 Å². The standard InChI is InChI=1S/C19H14N2O5S/c1-12-15(4-2-5-16(12)21(24)25)19(23)26-14-9-7-13(8-10-14)20-18(22)17-6-3-11-27-17/h2-11H,1H3,(H,20,22).